The first-order valence-electron chi connectivity index (χ1n) is 12.2. The Bertz CT molecular complexity index is 1190. The van der Waals surface area contributed by atoms with E-state index in [2.05, 4.69) is 79.7 Å². The molecule has 0 saturated carbocycles. The van der Waals surface area contributed by atoms with Gasteiger partial charge in [-0.15, -0.1) is 0 Å². The molecule has 1 N–H and O–H groups in total. The fourth-order valence-corrected chi connectivity index (χ4v) is 6.22. The van der Waals surface area contributed by atoms with Crippen LogP contribution in [-0.2, 0) is 4.74 Å². The summed E-state index contributed by atoms with van der Waals surface area (Å²) in [6.07, 6.45) is 4.28. The van der Waals surface area contributed by atoms with Crippen molar-refractivity contribution in [1.82, 2.24) is 19.8 Å². The molecule has 3 aromatic rings. The van der Waals surface area contributed by atoms with Gasteiger partial charge in [-0.1, -0.05) is 23.8 Å². The third kappa shape index (κ3) is 4.03. The van der Waals surface area contributed by atoms with Crippen LogP contribution in [0.3, 0.4) is 0 Å². The highest BCUT2D eigenvalue weighted by Gasteiger charge is 2.42. The zero-order valence-corrected chi connectivity index (χ0v) is 21.6. The first kappa shape index (κ1) is 23.1. The summed E-state index contributed by atoms with van der Waals surface area (Å²) in [5.74, 6) is 0. The first-order chi connectivity index (χ1) is 16.3. The van der Waals surface area contributed by atoms with E-state index in [0.29, 0.717) is 0 Å². The topological polar surface area (TPSA) is 42.3 Å². The van der Waals surface area contributed by atoms with Crippen LogP contribution >= 0.6 is 12.2 Å². The number of rotatable bonds is 5. The summed E-state index contributed by atoms with van der Waals surface area (Å²) >= 11 is 5.89. The summed E-state index contributed by atoms with van der Waals surface area (Å²) in [4.78, 5) is 7.04. The number of nitrogens with one attached hydrogen (secondary N) is 1. The van der Waals surface area contributed by atoms with Gasteiger partial charge in [0.1, 0.15) is 0 Å². The van der Waals surface area contributed by atoms with Crippen LogP contribution in [0.5, 0.6) is 0 Å². The van der Waals surface area contributed by atoms with Gasteiger partial charge in [0.25, 0.3) is 0 Å². The zero-order valence-electron chi connectivity index (χ0n) is 20.8. The molecule has 0 radical (unpaired) electrons. The molecule has 0 aliphatic carbocycles. The lowest BCUT2D eigenvalue weighted by molar-refractivity contribution is 0.0842. The second kappa shape index (κ2) is 9.16. The number of benzene rings is 1. The summed E-state index contributed by atoms with van der Waals surface area (Å²) in [7, 11) is 0. The Morgan fingerprint density at radius 1 is 1.09 bits per heavy atom. The lowest BCUT2D eigenvalue weighted by Gasteiger charge is -2.30. The lowest BCUT2D eigenvalue weighted by Crippen LogP contribution is -2.36. The number of ether oxygens (including phenoxy) is 1. The van der Waals surface area contributed by atoms with Crippen LogP contribution in [0, 0.1) is 34.6 Å². The van der Waals surface area contributed by atoms with Crippen molar-refractivity contribution in [1.29, 1.82) is 0 Å². The number of aromatic nitrogens is 2. The van der Waals surface area contributed by atoms with Gasteiger partial charge in [0.2, 0.25) is 0 Å². The maximum atomic E-state index is 6.01. The third-order valence-corrected chi connectivity index (χ3v) is 7.62. The van der Waals surface area contributed by atoms with E-state index in [9.17, 15) is 0 Å². The number of nitrogens with zero attached hydrogens (tertiary/aromatic N) is 3. The molecule has 5 nitrogen and oxygen atoms in total. The van der Waals surface area contributed by atoms with Gasteiger partial charge < -0.3 is 19.5 Å². The smallest absolute Gasteiger partial charge is 0.170 e. The van der Waals surface area contributed by atoms with Crippen LogP contribution in [0.1, 0.15) is 64.3 Å². The molecule has 4 heterocycles. The minimum Gasteiger partial charge on any atom is -0.376 e. The molecular formula is C28H34N4OS. The third-order valence-electron chi connectivity index (χ3n) is 7.27. The number of aryl methyl sites for hydroxylation is 4. The minimum absolute atomic E-state index is 0.00994. The Morgan fingerprint density at radius 3 is 2.50 bits per heavy atom. The number of pyridine rings is 1. The van der Waals surface area contributed by atoms with Gasteiger partial charge in [-0.2, -0.15) is 0 Å². The van der Waals surface area contributed by atoms with Crippen molar-refractivity contribution in [2.45, 2.75) is 65.6 Å². The van der Waals surface area contributed by atoms with Crippen molar-refractivity contribution in [3.05, 3.63) is 81.9 Å². The lowest BCUT2D eigenvalue weighted by atomic mass is 9.96. The van der Waals surface area contributed by atoms with Crippen molar-refractivity contribution in [3.63, 3.8) is 0 Å². The highest BCUT2D eigenvalue weighted by atomic mass is 32.1. The van der Waals surface area contributed by atoms with Gasteiger partial charge in [0.05, 0.1) is 29.6 Å². The van der Waals surface area contributed by atoms with Gasteiger partial charge in [0.15, 0.2) is 5.11 Å². The SMILES string of the molecule is Cc1cc(C)c(-n2c(C)cc([C@@H]3[C@H](c4ccccn4)NC(=S)N3C[C@H]3CCCO3)c2C)c(C)c1. The molecule has 0 bridgehead atoms. The van der Waals surface area contributed by atoms with E-state index >= 15 is 0 Å². The fraction of sp³-hybridized carbons (Fsp3) is 0.429. The molecule has 3 atom stereocenters. The fourth-order valence-electron chi connectivity index (χ4n) is 5.90. The van der Waals surface area contributed by atoms with E-state index in [0.717, 1.165) is 36.8 Å². The van der Waals surface area contributed by atoms with Crippen LogP contribution in [0.25, 0.3) is 5.69 Å². The molecule has 2 saturated heterocycles. The van der Waals surface area contributed by atoms with Crippen LogP contribution < -0.4 is 5.32 Å². The Labute approximate surface area is 208 Å². The largest absolute Gasteiger partial charge is 0.376 e. The molecule has 178 valence electrons. The second-order valence-electron chi connectivity index (χ2n) is 9.82. The average molecular weight is 475 g/mol. The molecule has 2 aromatic heterocycles. The summed E-state index contributed by atoms with van der Waals surface area (Å²) < 4.78 is 8.43. The van der Waals surface area contributed by atoms with E-state index in [1.54, 1.807) is 0 Å². The van der Waals surface area contributed by atoms with Gasteiger partial charge in [-0.25, -0.2) is 0 Å². The van der Waals surface area contributed by atoms with Crippen molar-refractivity contribution in [2.24, 2.45) is 0 Å². The number of hydrogen-bond donors (Lipinski definition) is 1. The normalized spacial score (nSPS) is 22.4. The average Bonchev–Trinajstić information content (AvgIpc) is 3.49. The van der Waals surface area contributed by atoms with Gasteiger partial charge in [0, 0.05) is 30.7 Å². The van der Waals surface area contributed by atoms with E-state index in [4.69, 9.17) is 21.9 Å². The number of hydrogen-bond acceptors (Lipinski definition) is 3. The van der Waals surface area contributed by atoms with Crippen molar-refractivity contribution in [3.8, 4) is 5.69 Å². The summed E-state index contributed by atoms with van der Waals surface area (Å²) in [5.41, 5.74) is 9.95. The first-order valence-corrected chi connectivity index (χ1v) is 12.6. The molecule has 1 aromatic carbocycles. The predicted octanol–water partition coefficient (Wildman–Crippen LogP) is 5.57. The zero-order chi connectivity index (χ0) is 24.0. The minimum atomic E-state index is -0.00994. The number of thiocarbonyl (C=S) groups is 1. The molecule has 6 heteroatoms. The van der Waals surface area contributed by atoms with Crippen LogP contribution in [-0.4, -0.2) is 38.8 Å². The van der Waals surface area contributed by atoms with E-state index in [-0.39, 0.29) is 18.2 Å². The van der Waals surface area contributed by atoms with E-state index < -0.39 is 0 Å². The molecule has 2 aliphatic rings. The maximum Gasteiger partial charge on any atom is 0.170 e. The molecule has 2 fully saturated rings. The van der Waals surface area contributed by atoms with Crippen LogP contribution in [0.2, 0.25) is 0 Å². The van der Waals surface area contributed by atoms with E-state index in [1.807, 2.05) is 12.3 Å². The van der Waals surface area contributed by atoms with Crippen molar-refractivity contribution < 1.29 is 4.74 Å². The summed E-state index contributed by atoms with van der Waals surface area (Å²) in [6.45, 7) is 12.7. The molecule has 0 unspecified atom stereocenters. The molecule has 5 rings (SSSR count). The van der Waals surface area contributed by atoms with Crippen LogP contribution in [0.4, 0.5) is 0 Å². The Morgan fingerprint density at radius 2 is 1.85 bits per heavy atom. The van der Waals surface area contributed by atoms with Crippen molar-refractivity contribution in [2.75, 3.05) is 13.2 Å². The molecule has 0 amide bonds. The summed E-state index contributed by atoms with van der Waals surface area (Å²) in [5, 5.41) is 4.38. The van der Waals surface area contributed by atoms with Crippen LogP contribution in [0.15, 0.2) is 42.6 Å². The predicted molar refractivity (Wildman–Crippen MR) is 141 cm³/mol. The van der Waals surface area contributed by atoms with E-state index in [1.165, 1.54) is 39.3 Å². The van der Waals surface area contributed by atoms with Crippen molar-refractivity contribution >= 4 is 17.3 Å². The summed E-state index contributed by atoms with van der Waals surface area (Å²) in [6, 6.07) is 13.0. The Kier molecular flexibility index (Phi) is 6.21. The van der Waals surface area contributed by atoms with Gasteiger partial charge in [-0.3, -0.25) is 4.98 Å². The highest BCUT2D eigenvalue weighted by molar-refractivity contribution is 7.80. The molecule has 0 spiro atoms. The Balaban J connectivity index is 1.62. The second-order valence-corrected chi connectivity index (χ2v) is 10.2. The molecule has 34 heavy (non-hydrogen) atoms. The van der Waals surface area contributed by atoms with Gasteiger partial charge >= 0.3 is 0 Å². The highest BCUT2D eigenvalue weighted by Crippen LogP contribution is 2.42. The quantitative estimate of drug-likeness (QED) is 0.490. The molecule has 2 aliphatic heterocycles. The monoisotopic (exact) mass is 474 g/mol. The maximum absolute atomic E-state index is 6.01. The Hall–Kier alpha value is -2.70. The van der Waals surface area contributed by atoms with Gasteiger partial charge in [-0.05, 0) is 94.6 Å². The standard InChI is InChI=1S/C28H34N4OS/c1-17-13-18(2)26(19(3)14-17)32-20(4)15-23(21(32)5)27-25(24-10-6-7-11-29-24)30-28(34)31(27)16-22-9-8-12-33-22/h6-7,10-11,13-15,22,25,27H,8-9,12,16H2,1-5H3,(H,30,34)/t22-,25+,27-/m1/s1. The molecular weight excluding hydrogens is 440 g/mol.